The predicted octanol–water partition coefficient (Wildman–Crippen LogP) is -0.383. The van der Waals surface area contributed by atoms with Gasteiger partial charge in [-0.3, -0.25) is 9.48 Å². The van der Waals surface area contributed by atoms with Crippen molar-refractivity contribution in [1.29, 1.82) is 0 Å². The lowest BCUT2D eigenvalue weighted by Crippen LogP contribution is -2.45. The predicted molar refractivity (Wildman–Crippen MR) is 75.4 cm³/mol. The topological polar surface area (TPSA) is 110 Å². The van der Waals surface area contributed by atoms with E-state index in [0.29, 0.717) is 13.1 Å². The van der Waals surface area contributed by atoms with Crippen molar-refractivity contribution in [3.05, 3.63) is 36.3 Å². The van der Waals surface area contributed by atoms with Crippen molar-refractivity contribution in [2.45, 2.75) is 12.6 Å². The number of nitrogens with zero attached hydrogens (tertiary/aromatic N) is 4. The molecule has 0 bridgehead atoms. The second-order valence-corrected chi connectivity index (χ2v) is 6.93. The van der Waals surface area contributed by atoms with Gasteiger partial charge in [0, 0.05) is 19.3 Å². The first-order valence-corrected chi connectivity index (χ1v) is 8.47. The second kappa shape index (κ2) is 5.54. The lowest BCUT2D eigenvalue weighted by Gasteiger charge is -2.33. The molecule has 2 aromatic heterocycles. The van der Waals surface area contributed by atoms with Crippen LogP contribution < -0.4 is 4.72 Å². The van der Waals surface area contributed by atoms with E-state index >= 15 is 0 Å². The SMILES string of the molecule is CS(=O)(=O)NCC1CN(C(=O)c2cocn2)Cc2ccnn21. The molecule has 1 unspecified atom stereocenters. The summed E-state index contributed by atoms with van der Waals surface area (Å²) in [6.45, 7) is 0.889. The van der Waals surface area contributed by atoms with E-state index in [4.69, 9.17) is 4.42 Å². The molecule has 9 nitrogen and oxygen atoms in total. The largest absolute Gasteiger partial charge is 0.451 e. The van der Waals surface area contributed by atoms with E-state index < -0.39 is 10.0 Å². The highest BCUT2D eigenvalue weighted by molar-refractivity contribution is 7.88. The van der Waals surface area contributed by atoms with Crippen LogP contribution in [0.4, 0.5) is 0 Å². The maximum atomic E-state index is 12.4. The molecule has 1 amide bonds. The Balaban J connectivity index is 1.81. The summed E-state index contributed by atoms with van der Waals surface area (Å²) in [7, 11) is -3.31. The first-order valence-electron chi connectivity index (χ1n) is 6.58. The molecule has 1 aliphatic heterocycles. The fourth-order valence-corrected chi connectivity index (χ4v) is 2.92. The minimum Gasteiger partial charge on any atom is -0.451 e. The molecule has 0 spiro atoms. The van der Waals surface area contributed by atoms with Crippen LogP contribution >= 0.6 is 0 Å². The van der Waals surface area contributed by atoms with E-state index in [0.717, 1.165) is 11.9 Å². The maximum absolute atomic E-state index is 12.4. The van der Waals surface area contributed by atoms with Gasteiger partial charge in [0.25, 0.3) is 5.91 Å². The minimum absolute atomic E-state index is 0.163. The molecule has 0 aromatic carbocycles. The fraction of sp³-hybridized carbons (Fsp3) is 0.417. The Morgan fingerprint density at radius 3 is 3.05 bits per heavy atom. The Morgan fingerprint density at radius 2 is 2.36 bits per heavy atom. The van der Waals surface area contributed by atoms with Crippen molar-refractivity contribution in [2.24, 2.45) is 0 Å². The molecular weight excluding hydrogens is 310 g/mol. The molecule has 0 fully saturated rings. The van der Waals surface area contributed by atoms with Gasteiger partial charge in [0.2, 0.25) is 10.0 Å². The first-order chi connectivity index (χ1) is 10.4. The second-order valence-electron chi connectivity index (χ2n) is 5.10. The number of carbonyl (C=O) groups is 1. The maximum Gasteiger partial charge on any atom is 0.276 e. The number of amides is 1. The van der Waals surface area contributed by atoms with Gasteiger partial charge in [0.1, 0.15) is 6.26 Å². The zero-order valence-electron chi connectivity index (χ0n) is 11.8. The summed E-state index contributed by atoms with van der Waals surface area (Å²) in [5.41, 5.74) is 1.06. The molecule has 1 atom stereocenters. The van der Waals surface area contributed by atoms with Crippen LogP contribution in [0.15, 0.2) is 29.3 Å². The van der Waals surface area contributed by atoms with Gasteiger partial charge in [-0.25, -0.2) is 18.1 Å². The first kappa shape index (κ1) is 14.7. The van der Waals surface area contributed by atoms with Gasteiger partial charge >= 0.3 is 0 Å². The Kier molecular flexibility index (Phi) is 3.71. The Morgan fingerprint density at radius 1 is 1.55 bits per heavy atom. The van der Waals surface area contributed by atoms with Gasteiger partial charge < -0.3 is 9.32 Å². The standard InChI is InChI=1S/C12H15N5O4S/c1-22(19,20)15-4-10-6-16(5-9-2-3-14-17(9)10)12(18)11-7-21-8-13-11/h2-3,7-8,10,15H,4-6H2,1H3. The van der Waals surface area contributed by atoms with E-state index in [-0.39, 0.29) is 24.2 Å². The molecule has 1 N–H and O–H groups in total. The van der Waals surface area contributed by atoms with E-state index in [2.05, 4.69) is 14.8 Å². The highest BCUT2D eigenvalue weighted by Gasteiger charge is 2.30. The van der Waals surface area contributed by atoms with Crippen molar-refractivity contribution in [3.63, 3.8) is 0 Å². The number of sulfonamides is 1. The van der Waals surface area contributed by atoms with E-state index in [1.165, 1.54) is 12.7 Å². The van der Waals surface area contributed by atoms with Crippen molar-refractivity contribution in [3.8, 4) is 0 Å². The number of fused-ring (bicyclic) bond motifs is 1. The number of aromatic nitrogens is 3. The highest BCUT2D eigenvalue weighted by atomic mass is 32.2. The molecule has 10 heteroatoms. The Hall–Kier alpha value is -2.20. The van der Waals surface area contributed by atoms with Crippen LogP contribution in [-0.2, 0) is 16.6 Å². The monoisotopic (exact) mass is 325 g/mol. The van der Waals surface area contributed by atoms with Crippen LogP contribution in [0.25, 0.3) is 0 Å². The lowest BCUT2D eigenvalue weighted by atomic mass is 10.2. The van der Waals surface area contributed by atoms with Gasteiger partial charge in [-0.15, -0.1) is 0 Å². The summed E-state index contributed by atoms with van der Waals surface area (Å²) in [6, 6.07) is 1.53. The summed E-state index contributed by atoms with van der Waals surface area (Å²) >= 11 is 0. The Bertz CT molecular complexity index is 767. The molecule has 2 aromatic rings. The van der Waals surface area contributed by atoms with Gasteiger partial charge in [-0.05, 0) is 6.07 Å². The molecule has 118 valence electrons. The molecule has 0 aliphatic carbocycles. The van der Waals surface area contributed by atoms with Crippen LogP contribution in [0.5, 0.6) is 0 Å². The number of hydrogen-bond acceptors (Lipinski definition) is 6. The molecule has 0 radical (unpaired) electrons. The molecule has 0 saturated heterocycles. The van der Waals surface area contributed by atoms with Crippen molar-refractivity contribution < 1.29 is 17.6 Å². The number of hydrogen-bond donors (Lipinski definition) is 1. The third kappa shape index (κ3) is 3.02. The summed E-state index contributed by atoms with van der Waals surface area (Å²) in [5.74, 6) is -0.259. The van der Waals surface area contributed by atoms with Crippen LogP contribution in [0, 0.1) is 0 Å². The average molecular weight is 325 g/mol. The average Bonchev–Trinajstić information content (AvgIpc) is 3.13. The summed E-state index contributed by atoms with van der Waals surface area (Å²) < 4.78 is 31.6. The van der Waals surface area contributed by atoms with E-state index in [9.17, 15) is 13.2 Å². The van der Waals surface area contributed by atoms with Crippen molar-refractivity contribution >= 4 is 15.9 Å². The number of nitrogens with one attached hydrogen (secondary N) is 1. The summed E-state index contributed by atoms with van der Waals surface area (Å²) in [6.07, 6.45) is 5.22. The van der Waals surface area contributed by atoms with Gasteiger partial charge in [0.15, 0.2) is 12.1 Å². The van der Waals surface area contributed by atoms with Gasteiger partial charge in [-0.2, -0.15) is 5.10 Å². The van der Waals surface area contributed by atoms with Gasteiger partial charge in [-0.1, -0.05) is 0 Å². The number of carbonyl (C=O) groups excluding carboxylic acids is 1. The van der Waals surface area contributed by atoms with Crippen LogP contribution in [0.2, 0.25) is 0 Å². The van der Waals surface area contributed by atoms with Gasteiger partial charge in [0.05, 0.1) is 24.5 Å². The molecule has 1 aliphatic rings. The highest BCUT2D eigenvalue weighted by Crippen LogP contribution is 2.21. The van der Waals surface area contributed by atoms with E-state index in [1.807, 2.05) is 0 Å². The molecule has 22 heavy (non-hydrogen) atoms. The van der Waals surface area contributed by atoms with Crippen molar-refractivity contribution in [2.75, 3.05) is 19.3 Å². The molecule has 3 heterocycles. The Labute approximate surface area is 127 Å². The fourth-order valence-electron chi connectivity index (χ4n) is 2.42. The molecule has 3 rings (SSSR count). The van der Waals surface area contributed by atoms with Crippen LogP contribution in [-0.4, -0.2) is 53.3 Å². The van der Waals surface area contributed by atoms with Crippen LogP contribution in [0.3, 0.4) is 0 Å². The third-order valence-corrected chi connectivity index (χ3v) is 4.09. The van der Waals surface area contributed by atoms with Crippen molar-refractivity contribution in [1.82, 2.24) is 24.4 Å². The summed E-state index contributed by atoms with van der Waals surface area (Å²) in [4.78, 5) is 17.8. The normalized spacial score (nSPS) is 18.2. The van der Waals surface area contributed by atoms with E-state index in [1.54, 1.807) is 21.8 Å². The lowest BCUT2D eigenvalue weighted by molar-refractivity contribution is 0.0665. The number of rotatable bonds is 4. The molecular formula is C12H15N5O4S. The molecule has 0 saturated carbocycles. The number of oxazole rings is 1. The quantitative estimate of drug-likeness (QED) is 0.820. The zero-order valence-corrected chi connectivity index (χ0v) is 12.7. The summed E-state index contributed by atoms with van der Waals surface area (Å²) in [5, 5.41) is 4.21. The smallest absolute Gasteiger partial charge is 0.276 e. The van der Waals surface area contributed by atoms with Crippen LogP contribution in [0.1, 0.15) is 22.2 Å². The third-order valence-electron chi connectivity index (χ3n) is 3.40. The minimum atomic E-state index is -3.31. The zero-order chi connectivity index (χ0) is 15.7.